The highest BCUT2D eigenvalue weighted by molar-refractivity contribution is 6.31. The number of hydrogen-bond acceptors (Lipinski definition) is 3. The summed E-state index contributed by atoms with van der Waals surface area (Å²) in [6.45, 7) is 3.12. The second kappa shape index (κ2) is 6.26. The Morgan fingerprint density at radius 1 is 1.47 bits per heavy atom. The highest BCUT2D eigenvalue weighted by Crippen LogP contribution is 2.27. The van der Waals surface area contributed by atoms with Crippen molar-refractivity contribution >= 4 is 17.5 Å². The van der Waals surface area contributed by atoms with Gasteiger partial charge in [0.2, 0.25) is 0 Å². The second-order valence-electron chi connectivity index (χ2n) is 4.67. The van der Waals surface area contributed by atoms with Crippen molar-refractivity contribution in [2.75, 3.05) is 13.1 Å². The van der Waals surface area contributed by atoms with Gasteiger partial charge in [-0.2, -0.15) is 0 Å². The molecule has 1 aromatic rings. The second-order valence-corrected chi connectivity index (χ2v) is 5.07. The Balaban J connectivity index is 2.08. The molecule has 0 radical (unpaired) electrons. The van der Waals surface area contributed by atoms with Crippen molar-refractivity contribution in [3.8, 4) is 5.75 Å². The van der Waals surface area contributed by atoms with E-state index >= 15 is 0 Å². The minimum Gasteiger partial charge on any atom is -0.480 e. The number of nitrogens with zero attached hydrogens (tertiary/aromatic N) is 1. The third-order valence-electron chi connectivity index (χ3n) is 3.30. The van der Waals surface area contributed by atoms with E-state index in [1.807, 2.05) is 4.90 Å². The molecule has 1 aliphatic rings. The first-order chi connectivity index (χ1) is 9.13. The zero-order chi connectivity index (χ0) is 13.8. The molecule has 1 N–H and O–H groups in total. The Morgan fingerprint density at radius 2 is 2.16 bits per heavy atom. The van der Waals surface area contributed by atoms with Gasteiger partial charge in [-0.15, -0.1) is 0 Å². The summed E-state index contributed by atoms with van der Waals surface area (Å²) in [5.41, 5.74) is 0.519. The van der Waals surface area contributed by atoms with Crippen LogP contribution in [0.5, 0.6) is 5.75 Å². The highest BCUT2D eigenvalue weighted by atomic mass is 35.5. The Hall–Kier alpha value is -1.26. The lowest BCUT2D eigenvalue weighted by Gasteiger charge is -2.22. The third-order valence-corrected chi connectivity index (χ3v) is 3.66. The van der Waals surface area contributed by atoms with E-state index in [2.05, 4.69) is 0 Å². The van der Waals surface area contributed by atoms with Crippen LogP contribution in [0, 0.1) is 0 Å². The van der Waals surface area contributed by atoms with E-state index < -0.39 is 6.10 Å². The van der Waals surface area contributed by atoms with Crippen LogP contribution in [0.2, 0.25) is 5.02 Å². The van der Waals surface area contributed by atoms with Gasteiger partial charge < -0.3 is 14.7 Å². The maximum atomic E-state index is 12.1. The van der Waals surface area contributed by atoms with E-state index in [0.717, 1.165) is 25.9 Å². The van der Waals surface area contributed by atoms with Gasteiger partial charge in [-0.3, -0.25) is 4.79 Å². The van der Waals surface area contributed by atoms with Gasteiger partial charge >= 0.3 is 0 Å². The molecule has 0 aliphatic carbocycles. The molecule has 1 fully saturated rings. The summed E-state index contributed by atoms with van der Waals surface area (Å²) in [6, 6.07) is 5.14. The molecule has 104 valence electrons. The van der Waals surface area contributed by atoms with Crippen LogP contribution in [0.25, 0.3) is 0 Å². The standard InChI is InChI=1S/C14H18ClNO3/c1-10(14(18)16-7-2-3-8-16)19-13-6-4-5-12(15)11(13)9-17/h4-6,10,17H,2-3,7-9H2,1H3. The summed E-state index contributed by atoms with van der Waals surface area (Å²) >= 11 is 5.98. The monoisotopic (exact) mass is 283 g/mol. The van der Waals surface area contributed by atoms with Crippen molar-refractivity contribution in [2.45, 2.75) is 32.5 Å². The average Bonchev–Trinajstić information content (AvgIpc) is 2.92. The highest BCUT2D eigenvalue weighted by Gasteiger charge is 2.25. The first-order valence-electron chi connectivity index (χ1n) is 6.47. The lowest BCUT2D eigenvalue weighted by Crippen LogP contribution is -2.38. The van der Waals surface area contributed by atoms with Crippen molar-refractivity contribution in [2.24, 2.45) is 0 Å². The van der Waals surface area contributed by atoms with Crippen molar-refractivity contribution in [1.29, 1.82) is 0 Å². The van der Waals surface area contributed by atoms with E-state index in [4.69, 9.17) is 16.3 Å². The van der Waals surface area contributed by atoms with Gasteiger partial charge in [-0.05, 0) is 31.9 Å². The zero-order valence-corrected chi connectivity index (χ0v) is 11.7. The molecule has 1 aliphatic heterocycles. The molecule has 1 heterocycles. The molecule has 5 heteroatoms. The smallest absolute Gasteiger partial charge is 0.263 e. The molecule has 0 aromatic heterocycles. The zero-order valence-electron chi connectivity index (χ0n) is 10.9. The summed E-state index contributed by atoms with van der Waals surface area (Å²) in [7, 11) is 0. The maximum absolute atomic E-state index is 12.1. The van der Waals surface area contributed by atoms with Crippen molar-refractivity contribution < 1.29 is 14.6 Å². The molecule has 19 heavy (non-hydrogen) atoms. The Morgan fingerprint density at radius 3 is 2.79 bits per heavy atom. The Bertz CT molecular complexity index is 458. The van der Waals surface area contributed by atoms with Crippen LogP contribution in [-0.4, -0.2) is 35.1 Å². The number of halogens is 1. The third kappa shape index (κ3) is 3.19. The molecular formula is C14H18ClNO3. The van der Waals surface area contributed by atoms with Crippen LogP contribution in [0.15, 0.2) is 18.2 Å². The SMILES string of the molecule is CC(Oc1cccc(Cl)c1CO)C(=O)N1CCCC1. The first-order valence-corrected chi connectivity index (χ1v) is 6.85. The molecular weight excluding hydrogens is 266 g/mol. The molecule has 1 unspecified atom stereocenters. The minimum absolute atomic E-state index is 0.0126. The summed E-state index contributed by atoms with van der Waals surface area (Å²) in [6.07, 6.45) is 1.54. The lowest BCUT2D eigenvalue weighted by molar-refractivity contribution is -0.136. The van der Waals surface area contributed by atoms with E-state index in [-0.39, 0.29) is 12.5 Å². The molecule has 0 bridgehead atoms. The van der Waals surface area contributed by atoms with Gasteiger partial charge in [-0.1, -0.05) is 17.7 Å². The van der Waals surface area contributed by atoms with E-state index in [0.29, 0.717) is 16.3 Å². The van der Waals surface area contributed by atoms with E-state index in [1.165, 1.54) is 0 Å². The van der Waals surface area contributed by atoms with Gasteiger partial charge in [0, 0.05) is 23.7 Å². The number of amides is 1. The predicted octanol–water partition coefficient (Wildman–Crippen LogP) is 2.22. The van der Waals surface area contributed by atoms with Crippen LogP contribution in [0.3, 0.4) is 0 Å². The van der Waals surface area contributed by atoms with Crippen LogP contribution in [-0.2, 0) is 11.4 Å². The number of aliphatic hydroxyl groups is 1. The van der Waals surface area contributed by atoms with E-state index in [1.54, 1.807) is 25.1 Å². The molecule has 1 aromatic carbocycles. The molecule has 1 saturated heterocycles. The van der Waals surface area contributed by atoms with Crippen LogP contribution < -0.4 is 4.74 Å². The van der Waals surface area contributed by atoms with Gasteiger partial charge in [0.15, 0.2) is 6.10 Å². The van der Waals surface area contributed by atoms with Crippen molar-refractivity contribution in [3.63, 3.8) is 0 Å². The summed E-state index contributed by atoms with van der Waals surface area (Å²) in [5, 5.41) is 9.75. The largest absolute Gasteiger partial charge is 0.480 e. The number of rotatable bonds is 4. The van der Waals surface area contributed by atoms with Gasteiger partial charge in [-0.25, -0.2) is 0 Å². The Kier molecular flexibility index (Phi) is 4.66. The quantitative estimate of drug-likeness (QED) is 0.922. The molecule has 1 amide bonds. The number of carbonyl (C=O) groups is 1. The fraction of sp³-hybridized carbons (Fsp3) is 0.500. The molecule has 4 nitrogen and oxygen atoms in total. The van der Waals surface area contributed by atoms with Crippen LogP contribution in [0.4, 0.5) is 0 Å². The van der Waals surface area contributed by atoms with Crippen molar-refractivity contribution in [3.05, 3.63) is 28.8 Å². The number of benzene rings is 1. The predicted molar refractivity (Wildman–Crippen MR) is 73.3 cm³/mol. The molecule has 1 atom stereocenters. The lowest BCUT2D eigenvalue weighted by atomic mass is 10.2. The van der Waals surface area contributed by atoms with Crippen LogP contribution >= 0.6 is 11.6 Å². The normalized spacial score (nSPS) is 16.5. The molecule has 0 spiro atoms. The Labute approximate surface area is 117 Å². The summed E-state index contributed by atoms with van der Waals surface area (Å²) in [4.78, 5) is 14.0. The number of likely N-dealkylation sites (tertiary alicyclic amines) is 1. The number of ether oxygens (including phenoxy) is 1. The summed E-state index contributed by atoms with van der Waals surface area (Å²) < 4.78 is 5.66. The summed E-state index contributed by atoms with van der Waals surface area (Å²) in [5.74, 6) is 0.455. The number of hydrogen-bond donors (Lipinski definition) is 1. The van der Waals surface area contributed by atoms with Gasteiger partial charge in [0.05, 0.1) is 6.61 Å². The first kappa shape index (κ1) is 14.2. The van der Waals surface area contributed by atoms with Gasteiger partial charge in [0.25, 0.3) is 5.91 Å². The van der Waals surface area contributed by atoms with Crippen molar-refractivity contribution in [1.82, 2.24) is 4.90 Å². The topological polar surface area (TPSA) is 49.8 Å². The van der Waals surface area contributed by atoms with Gasteiger partial charge in [0.1, 0.15) is 5.75 Å². The number of carbonyl (C=O) groups excluding carboxylic acids is 1. The molecule has 2 rings (SSSR count). The average molecular weight is 284 g/mol. The minimum atomic E-state index is -0.568. The van der Waals surface area contributed by atoms with E-state index in [9.17, 15) is 9.90 Å². The molecule has 0 saturated carbocycles. The number of aliphatic hydroxyl groups excluding tert-OH is 1. The fourth-order valence-electron chi connectivity index (χ4n) is 2.24. The fourth-order valence-corrected chi connectivity index (χ4v) is 2.46. The maximum Gasteiger partial charge on any atom is 0.263 e. The van der Waals surface area contributed by atoms with Crippen LogP contribution in [0.1, 0.15) is 25.3 Å².